The second kappa shape index (κ2) is 9.00. The molecule has 1 atom stereocenters. The van der Waals surface area contributed by atoms with Crippen LogP contribution in [0.3, 0.4) is 0 Å². The van der Waals surface area contributed by atoms with Crippen LogP contribution in [0.15, 0.2) is 30.9 Å². The number of ether oxygens (including phenoxy) is 1. The van der Waals surface area contributed by atoms with Gasteiger partial charge in [-0.3, -0.25) is 0 Å². The van der Waals surface area contributed by atoms with Crippen LogP contribution >= 0.6 is 11.6 Å². The van der Waals surface area contributed by atoms with Crippen LogP contribution in [-0.2, 0) is 6.42 Å². The molecule has 0 aromatic heterocycles. The summed E-state index contributed by atoms with van der Waals surface area (Å²) in [5.74, 6) is 0.869. The summed E-state index contributed by atoms with van der Waals surface area (Å²) in [6.45, 7) is 6.42. The van der Waals surface area contributed by atoms with Gasteiger partial charge in [0.25, 0.3) is 0 Å². The third-order valence-electron chi connectivity index (χ3n) is 2.91. The van der Waals surface area contributed by atoms with Crippen LogP contribution in [-0.4, -0.2) is 12.6 Å². The van der Waals surface area contributed by atoms with Crippen molar-refractivity contribution in [3.05, 3.63) is 41.4 Å². The molecule has 0 bridgehead atoms. The Morgan fingerprint density at radius 2 is 2.16 bits per heavy atom. The zero-order valence-corrected chi connectivity index (χ0v) is 12.5. The summed E-state index contributed by atoms with van der Waals surface area (Å²) in [6.07, 6.45) is 7.17. The molecule has 0 heterocycles. The van der Waals surface area contributed by atoms with Crippen LogP contribution in [0, 0.1) is 0 Å². The molecule has 0 radical (unpaired) electrons. The smallest absolute Gasteiger partial charge is 0.124 e. The minimum absolute atomic E-state index is 0.0786. The Morgan fingerprint density at radius 1 is 1.37 bits per heavy atom. The van der Waals surface area contributed by atoms with Crippen LogP contribution in [0.1, 0.15) is 38.2 Å². The molecule has 0 saturated heterocycles. The van der Waals surface area contributed by atoms with E-state index < -0.39 is 0 Å². The highest BCUT2D eigenvalue weighted by molar-refractivity contribution is 6.31. The molecule has 2 nitrogen and oxygen atoms in total. The minimum atomic E-state index is 0.0786. The molecule has 2 N–H and O–H groups in total. The quantitative estimate of drug-likeness (QED) is 0.539. The van der Waals surface area contributed by atoms with Crippen molar-refractivity contribution in [1.82, 2.24) is 0 Å². The van der Waals surface area contributed by atoms with Gasteiger partial charge in [-0.05, 0) is 51.2 Å². The van der Waals surface area contributed by atoms with Crippen LogP contribution in [0.2, 0.25) is 5.02 Å². The van der Waals surface area contributed by atoms with Gasteiger partial charge < -0.3 is 10.5 Å². The number of rotatable bonds is 9. The second-order valence-electron chi connectivity index (χ2n) is 4.88. The van der Waals surface area contributed by atoms with Crippen LogP contribution < -0.4 is 10.5 Å². The molecule has 0 saturated carbocycles. The van der Waals surface area contributed by atoms with E-state index >= 15 is 0 Å². The summed E-state index contributed by atoms with van der Waals surface area (Å²) in [5, 5.41) is 0.737. The van der Waals surface area contributed by atoms with Gasteiger partial charge in [0.05, 0.1) is 6.61 Å². The molecule has 0 spiro atoms. The van der Waals surface area contributed by atoms with Gasteiger partial charge in [-0.1, -0.05) is 23.7 Å². The highest BCUT2D eigenvalue weighted by Crippen LogP contribution is 2.27. The third kappa shape index (κ3) is 6.13. The van der Waals surface area contributed by atoms with Gasteiger partial charge in [0.1, 0.15) is 5.75 Å². The lowest BCUT2D eigenvalue weighted by molar-refractivity contribution is 0.302. The third-order valence-corrected chi connectivity index (χ3v) is 3.27. The number of halogens is 1. The van der Waals surface area contributed by atoms with E-state index in [2.05, 4.69) is 6.58 Å². The Hall–Kier alpha value is -0.990. The number of unbranched alkanes of at least 4 members (excludes halogenated alkanes) is 3. The summed E-state index contributed by atoms with van der Waals surface area (Å²) in [5.41, 5.74) is 6.87. The summed E-state index contributed by atoms with van der Waals surface area (Å²) < 4.78 is 5.83. The molecular weight excluding hydrogens is 258 g/mol. The van der Waals surface area contributed by atoms with Gasteiger partial charge in [0, 0.05) is 16.6 Å². The van der Waals surface area contributed by atoms with Crippen molar-refractivity contribution < 1.29 is 4.74 Å². The molecule has 0 aliphatic heterocycles. The predicted octanol–water partition coefficient (Wildman–Crippen LogP) is 4.35. The summed E-state index contributed by atoms with van der Waals surface area (Å²) in [6, 6.07) is 5.85. The van der Waals surface area contributed by atoms with Crippen LogP contribution in [0.25, 0.3) is 0 Å². The normalized spacial score (nSPS) is 12.2. The zero-order valence-electron chi connectivity index (χ0n) is 11.7. The molecule has 19 heavy (non-hydrogen) atoms. The van der Waals surface area contributed by atoms with E-state index in [1.807, 2.05) is 31.2 Å². The summed E-state index contributed by atoms with van der Waals surface area (Å²) >= 11 is 6.21. The molecule has 3 heteroatoms. The van der Waals surface area contributed by atoms with Gasteiger partial charge in [0.2, 0.25) is 0 Å². The number of hydrogen-bond acceptors (Lipinski definition) is 2. The van der Waals surface area contributed by atoms with E-state index in [1.54, 1.807) is 0 Å². The molecular formula is C16H24ClNO. The Balaban J connectivity index is 2.48. The molecule has 1 unspecified atom stereocenters. The second-order valence-corrected chi connectivity index (χ2v) is 5.29. The van der Waals surface area contributed by atoms with Crippen LogP contribution in [0.5, 0.6) is 5.75 Å². The zero-order chi connectivity index (χ0) is 14.1. The lowest BCUT2D eigenvalue weighted by atomic mass is 10.1. The van der Waals surface area contributed by atoms with Crippen molar-refractivity contribution in [2.75, 3.05) is 6.61 Å². The predicted molar refractivity (Wildman–Crippen MR) is 83.0 cm³/mol. The molecule has 0 amide bonds. The molecule has 0 aliphatic carbocycles. The van der Waals surface area contributed by atoms with Crippen molar-refractivity contribution in [1.29, 1.82) is 0 Å². The van der Waals surface area contributed by atoms with Crippen molar-refractivity contribution in [2.45, 2.75) is 45.1 Å². The Bertz CT molecular complexity index is 390. The average Bonchev–Trinajstić information content (AvgIpc) is 2.37. The molecule has 1 aromatic carbocycles. The highest BCUT2D eigenvalue weighted by Gasteiger charge is 2.10. The standard InChI is InChI=1S/C16H24ClNO/c1-3-4-5-6-7-11-19-16-10-8-9-15(17)14(16)12-13(2)18/h3,8-10,13H,1,4-7,11-12,18H2,2H3. The molecule has 0 aliphatic rings. The number of allylic oxidation sites excluding steroid dienone is 1. The summed E-state index contributed by atoms with van der Waals surface area (Å²) in [4.78, 5) is 0. The van der Waals surface area contributed by atoms with Crippen molar-refractivity contribution in [3.63, 3.8) is 0 Å². The fourth-order valence-corrected chi connectivity index (χ4v) is 2.19. The Morgan fingerprint density at radius 3 is 2.84 bits per heavy atom. The maximum atomic E-state index is 6.21. The SMILES string of the molecule is C=CCCCCCOc1cccc(Cl)c1CC(C)N. The molecule has 0 fully saturated rings. The average molecular weight is 282 g/mol. The van der Waals surface area contributed by atoms with Crippen molar-refractivity contribution in [3.8, 4) is 5.75 Å². The van der Waals surface area contributed by atoms with Gasteiger partial charge >= 0.3 is 0 Å². The number of hydrogen-bond donors (Lipinski definition) is 1. The number of nitrogens with two attached hydrogens (primary N) is 1. The lowest BCUT2D eigenvalue weighted by Crippen LogP contribution is -2.18. The van der Waals surface area contributed by atoms with Gasteiger partial charge in [-0.2, -0.15) is 0 Å². The monoisotopic (exact) mass is 281 g/mol. The largest absolute Gasteiger partial charge is 0.493 e. The Kier molecular flexibility index (Phi) is 7.61. The first-order valence-electron chi connectivity index (χ1n) is 6.91. The first-order valence-corrected chi connectivity index (χ1v) is 7.29. The molecule has 1 aromatic rings. The van der Waals surface area contributed by atoms with E-state index in [4.69, 9.17) is 22.1 Å². The highest BCUT2D eigenvalue weighted by atomic mass is 35.5. The van der Waals surface area contributed by atoms with E-state index in [1.165, 1.54) is 6.42 Å². The van der Waals surface area contributed by atoms with E-state index in [9.17, 15) is 0 Å². The maximum Gasteiger partial charge on any atom is 0.124 e. The maximum absolute atomic E-state index is 6.21. The van der Waals surface area contributed by atoms with Gasteiger partial charge in [-0.15, -0.1) is 6.58 Å². The van der Waals surface area contributed by atoms with Gasteiger partial charge in [-0.25, -0.2) is 0 Å². The molecule has 1 rings (SSSR count). The fraction of sp³-hybridized carbons (Fsp3) is 0.500. The van der Waals surface area contributed by atoms with Crippen molar-refractivity contribution in [2.24, 2.45) is 5.73 Å². The lowest BCUT2D eigenvalue weighted by Gasteiger charge is -2.14. The first kappa shape index (κ1) is 16.1. The topological polar surface area (TPSA) is 35.2 Å². The van der Waals surface area contributed by atoms with E-state index in [-0.39, 0.29) is 6.04 Å². The van der Waals surface area contributed by atoms with Crippen molar-refractivity contribution >= 4 is 11.6 Å². The van der Waals surface area contributed by atoms with Gasteiger partial charge in [0.15, 0.2) is 0 Å². The van der Waals surface area contributed by atoms with E-state index in [0.717, 1.165) is 48.6 Å². The summed E-state index contributed by atoms with van der Waals surface area (Å²) in [7, 11) is 0. The minimum Gasteiger partial charge on any atom is -0.493 e. The Labute approximate surface area is 121 Å². The fourth-order valence-electron chi connectivity index (χ4n) is 1.94. The number of benzene rings is 1. The molecule has 106 valence electrons. The first-order chi connectivity index (χ1) is 9.15. The van der Waals surface area contributed by atoms with E-state index in [0.29, 0.717) is 0 Å². The van der Waals surface area contributed by atoms with Crippen LogP contribution in [0.4, 0.5) is 0 Å².